The van der Waals surface area contributed by atoms with Gasteiger partial charge in [-0.25, -0.2) is 0 Å². The maximum absolute atomic E-state index is 13.0. The molecule has 172 valence electrons. The van der Waals surface area contributed by atoms with E-state index in [0.717, 1.165) is 25.0 Å². The van der Waals surface area contributed by atoms with E-state index >= 15 is 0 Å². The Morgan fingerprint density at radius 2 is 1.81 bits per heavy atom. The van der Waals surface area contributed by atoms with Crippen molar-refractivity contribution in [2.24, 2.45) is 5.92 Å². The fourth-order valence-corrected chi connectivity index (χ4v) is 3.72. The number of carboxylic acid groups (broad SMARTS) is 1. The number of hydrogen-bond acceptors (Lipinski definition) is 4. The summed E-state index contributed by atoms with van der Waals surface area (Å²) in [5.41, 5.74) is 1.41. The highest BCUT2D eigenvalue weighted by Gasteiger charge is 2.31. The maximum Gasteiger partial charge on any atom is 0.416 e. The number of aliphatic carboxylic acids is 1. The summed E-state index contributed by atoms with van der Waals surface area (Å²) in [6.45, 7) is 2.24. The van der Waals surface area contributed by atoms with Gasteiger partial charge in [0.1, 0.15) is 11.5 Å². The number of halogens is 3. The fourth-order valence-electron chi connectivity index (χ4n) is 3.72. The number of ketones is 1. The molecule has 32 heavy (non-hydrogen) atoms. The summed E-state index contributed by atoms with van der Waals surface area (Å²) in [5, 5.41) is 12.8. The van der Waals surface area contributed by atoms with Gasteiger partial charge in [-0.05, 0) is 54.7 Å². The summed E-state index contributed by atoms with van der Waals surface area (Å²) in [6, 6.07) is 7.99. The first-order valence-electron chi connectivity index (χ1n) is 10.5. The first-order chi connectivity index (χ1) is 15.1. The van der Waals surface area contributed by atoms with Crippen molar-refractivity contribution >= 4 is 11.8 Å². The van der Waals surface area contributed by atoms with E-state index < -0.39 is 23.6 Å². The first kappa shape index (κ1) is 23.8. The second-order valence-corrected chi connectivity index (χ2v) is 8.01. The molecule has 5 nitrogen and oxygen atoms in total. The van der Waals surface area contributed by atoms with E-state index in [0.29, 0.717) is 41.0 Å². The minimum absolute atomic E-state index is 0.166. The standard InChI is InChI=1S/C24H26F3NO4/c1-14(23(30)31)18-9-10-21(32-2)22(16-5-7-17(8-6-16)24(25,26)27)19(18)13-28-12-11-20(29)15-3-4-15/h5-10,14-15,28H,3-4,11-13H2,1-2H3,(H,30,31)/t14-/m0/s1. The summed E-state index contributed by atoms with van der Waals surface area (Å²) in [6.07, 6.45) is -2.20. The number of ether oxygens (including phenoxy) is 1. The molecule has 8 heteroatoms. The molecule has 0 aromatic heterocycles. The Kier molecular flexibility index (Phi) is 7.23. The quantitative estimate of drug-likeness (QED) is 0.498. The van der Waals surface area contributed by atoms with Crippen LogP contribution in [0.2, 0.25) is 0 Å². The molecular formula is C24H26F3NO4. The molecule has 1 aliphatic rings. The van der Waals surface area contributed by atoms with Gasteiger partial charge in [-0.2, -0.15) is 13.2 Å². The number of hydrogen-bond donors (Lipinski definition) is 2. The number of Topliss-reactive ketones (excluding diaryl/α,β-unsaturated/α-hetero) is 1. The fraction of sp³-hybridized carbons (Fsp3) is 0.417. The van der Waals surface area contributed by atoms with E-state index in [1.54, 1.807) is 19.1 Å². The Morgan fingerprint density at radius 1 is 1.16 bits per heavy atom. The largest absolute Gasteiger partial charge is 0.496 e. The second-order valence-electron chi connectivity index (χ2n) is 8.01. The van der Waals surface area contributed by atoms with Crippen molar-refractivity contribution in [3.05, 3.63) is 53.1 Å². The molecule has 0 unspecified atom stereocenters. The van der Waals surface area contributed by atoms with E-state index in [-0.39, 0.29) is 18.2 Å². The van der Waals surface area contributed by atoms with Crippen molar-refractivity contribution in [2.75, 3.05) is 13.7 Å². The smallest absolute Gasteiger partial charge is 0.416 e. The molecular weight excluding hydrogens is 423 g/mol. The van der Waals surface area contributed by atoms with Crippen molar-refractivity contribution in [1.29, 1.82) is 0 Å². The molecule has 0 saturated heterocycles. The minimum Gasteiger partial charge on any atom is -0.496 e. The Hall–Kier alpha value is -2.87. The summed E-state index contributed by atoms with van der Waals surface area (Å²) in [5.74, 6) is -1.04. The first-order valence-corrected chi connectivity index (χ1v) is 10.5. The number of carbonyl (C=O) groups excluding carboxylic acids is 1. The van der Waals surface area contributed by atoms with Crippen molar-refractivity contribution in [3.63, 3.8) is 0 Å². The molecule has 1 fully saturated rings. The number of alkyl halides is 3. The summed E-state index contributed by atoms with van der Waals surface area (Å²) < 4.78 is 44.5. The van der Waals surface area contributed by atoms with Crippen molar-refractivity contribution < 1.29 is 32.6 Å². The Morgan fingerprint density at radius 3 is 2.34 bits per heavy atom. The zero-order valence-corrected chi connectivity index (χ0v) is 18.0. The monoisotopic (exact) mass is 449 g/mol. The van der Waals surface area contributed by atoms with Gasteiger partial charge in [-0.3, -0.25) is 9.59 Å². The summed E-state index contributed by atoms with van der Waals surface area (Å²) in [4.78, 5) is 23.6. The van der Waals surface area contributed by atoms with Crippen molar-refractivity contribution in [2.45, 2.75) is 44.8 Å². The number of carboxylic acids is 1. The normalized spacial score (nSPS) is 14.8. The van der Waals surface area contributed by atoms with Gasteiger partial charge in [0, 0.05) is 31.0 Å². The third kappa shape index (κ3) is 5.48. The molecule has 0 aliphatic heterocycles. The van der Waals surface area contributed by atoms with Gasteiger partial charge in [0.15, 0.2) is 0 Å². The van der Waals surface area contributed by atoms with Crippen LogP contribution in [0.25, 0.3) is 11.1 Å². The molecule has 0 amide bonds. The van der Waals surface area contributed by atoms with E-state index in [2.05, 4.69) is 5.32 Å². The van der Waals surface area contributed by atoms with Crippen LogP contribution >= 0.6 is 0 Å². The predicted octanol–water partition coefficient (Wildman–Crippen LogP) is 5.03. The number of nitrogens with one attached hydrogen (secondary N) is 1. The zero-order valence-electron chi connectivity index (χ0n) is 18.0. The third-order valence-corrected chi connectivity index (χ3v) is 5.75. The minimum atomic E-state index is -4.46. The lowest BCUT2D eigenvalue weighted by Gasteiger charge is -2.21. The van der Waals surface area contributed by atoms with Gasteiger partial charge in [-0.1, -0.05) is 18.2 Å². The summed E-state index contributed by atoms with van der Waals surface area (Å²) >= 11 is 0. The van der Waals surface area contributed by atoms with Gasteiger partial charge in [0.2, 0.25) is 0 Å². The van der Waals surface area contributed by atoms with E-state index in [1.807, 2.05) is 0 Å². The van der Waals surface area contributed by atoms with E-state index in [4.69, 9.17) is 4.74 Å². The number of rotatable bonds is 10. The van der Waals surface area contributed by atoms with Crippen LogP contribution in [0.4, 0.5) is 13.2 Å². The SMILES string of the molecule is COc1ccc([C@H](C)C(=O)O)c(CNCCC(=O)C2CC2)c1-c1ccc(C(F)(F)F)cc1. The molecule has 0 bridgehead atoms. The van der Waals surface area contributed by atoms with Gasteiger partial charge in [-0.15, -0.1) is 0 Å². The molecule has 1 saturated carbocycles. The molecule has 1 aliphatic carbocycles. The average Bonchev–Trinajstić information content (AvgIpc) is 3.60. The highest BCUT2D eigenvalue weighted by molar-refractivity contribution is 5.83. The highest BCUT2D eigenvalue weighted by Crippen LogP contribution is 2.39. The number of benzene rings is 2. The molecule has 2 N–H and O–H groups in total. The lowest BCUT2D eigenvalue weighted by molar-refractivity contribution is -0.139. The Balaban J connectivity index is 1.97. The molecule has 0 spiro atoms. The van der Waals surface area contributed by atoms with Crippen LogP contribution in [0.1, 0.15) is 48.8 Å². The molecule has 3 rings (SSSR count). The van der Waals surface area contributed by atoms with E-state index in [1.165, 1.54) is 19.2 Å². The van der Waals surface area contributed by atoms with Crippen LogP contribution in [0, 0.1) is 5.92 Å². The maximum atomic E-state index is 13.0. The zero-order chi connectivity index (χ0) is 23.5. The topological polar surface area (TPSA) is 75.6 Å². The van der Waals surface area contributed by atoms with Crippen LogP contribution in [0.3, 0.4) is 0 Å². The van der Waals surface area contributed by atoms with Gasteiger partial charge >= 0.3 is 12.1 Å². The number of methoxy groups -OCH3 is 1. The van der Waals surface area contributed by atoms with Gasteiger partial charge in [0.25, 0.3) is 0 Å². The molecule has 1 atom stereocenters. The van der Waals surface area contributed by atoms with Crippen molar-refractivity contribution in [1.82, 2.24) is 5.32 Å². The lowest BCUT2D eigenvalue weighted by atomic mass is 9.88. The third-order valence-electron chi connectivity index (χ3n) is 5.75. The molecule has 0 radical (unpaired) electrons. The Bertz CT molecular complexity index is 982. The lowest BCUT2D eigenvalue weighted by Crippen LogP contribution is -2.21. The highest BCUT2D eigenvalue weighted by atomic mass is 19.4. The van der Waals surface area contributed by atoms with E-state index in [9.17, 15) is 27.9 Å². The van der Waals surface area contributed by atoms with Crippen molar-refractivity contribution in [3.8, 4) is 16.9 Å². The molecule has 0 heterocycles. The van der Waals surface area contributed by atoms with Crippen LogP contribution in [0.15, 0.2) is 36.4 Å². The van der Waals surface area contributed by atoms with Crippen LogP contribution < -0.4 is 10.1 Å². The second kappa shape index (κ2) is 9.73. The summed E-state index contributed by atoms with van der Waals surface area (Å²) in [7, 11) is 1.45. The molecule has 2 aromatic rings. The Labute approximate surface area is 184 Å². The van der Waals surface area contributed by atoms with Crippen LogP contribution in [-0.4, -0.2) is 30.5 Å². The van der Waals surface area contributed by atoms with Crippen LogP contribution in [-0.2, 0) is 22.3 Å². The van der Waals surface area contributed by atoms with Crippen LogP contribution in [0.5, 0.6) is 5.75 Å². The molecule has 2 aromatic carbocycles. The average molecular weight is 449 g/mol. The van der Waals surface area contributed by atoms with Gasteiger partial charge < -0.3 is 15.2 Å². The number of carbonyl (C=O) groups is 2. The van der Waals surface area contributed by atoms with Gasteiger partial charge in [0.05, 0.1) is 18.6 Å². The predicted molar refractivity (Wildman–Crippen MR) is 114 cm³/mol.